The van der Waals surface area contributed by atoms with E-state index in [0.29, 0.717) is 0 Å². The van der Waals surface area contributed by atoms with Crippen LogP contribution < -0.4 is 10.6 Å². The zero-order valence-electron chi connectivity index (χ0n) is 15.0. The number of thiophene rings is 1. The Morgan fingerprint density at radius 3 is 2.44 bits per heavy atom. The van der Waals surface area contributed by atoms with Crippen LogP contribution >= 0.6 is 11.3 Å². The first-order valence-electron chi connectivity index (χ1n) is 8.33. The van der Waals surface area contributed by atoms with Crippen molar-refractivity contribution in [2.24, 2.45) is 0 Å². The number of rotatable bonds is 4. The monoisotopic (exact) mass is 353 g/mol. The van der Waals surface area contributed by atoms with Crippen LogP contribution in [0, 0.1) is 20.8 Å². The summed E-state index contributed by atoms with van der Waals surface area (Å²) in [4.78, 5) is 13.7. The Kier molecular flexibility index (Phi) is 4.95. The Morgan fingerprint density at radius 1 is 1.08 bits per heavy atom. The van der Waals surface area contributed by atoms with Crippen molar-refractivity contribution < 1.29 is 4.79 Å². The topological polar surface area (TPSA) is 46.1 Å². The first-order chi connectivity index (χ1) is 12.0. The van der Waals surface area contributed by atoms with Gasteiger partial charge in [-0.1, -0.05) is 18.2 Å². The summed E-state index contributed by atoms with van der Waals surface area (Å²) in [6, 6.07) is 11.5. The van der Waals surface area contributed by atoms with E-state index in [-0.39, 0.29) is 12.1 Å². The molecule has 0 radical (unpaired) electrons. The van der Waals surface area contributed by atoms with Crippen LogP contribution in [0.4, 0.5) is 10.5 Å². The molecule has 4 nitrogen and oxygen atoms in total. The predicted octanol–water partition coefficient (Wildman–Crippen LogP) is 5.35. The van der Waals surface area contributed by atoms with E-state index in [2.05, 4.69) is 29.0 Å². The number of aryl methyl sites for hydroxylation is 2. The Hall–Kier alpha value is -2.53. The Balaban J connectivity index is 1.81. The van der Waals surface area contributed by atoms with Gasteiger partial charge in [0.25, 0.3) is 0 Å². The standard InChI is InChI=1S/C20H23N3OS/c1-13-9-5-6-10-17(13)22-20(24)21-15(3)18-14(2)16(4)25-19(18)23-11-7-8-12-23/h5-12,15H,1-4H3,(H2,21,22,24)/t15-/m1/s1. The SMILES string of the molecule is Cc1ccccc1NC(=O)N[C@H](C)c1c(-n2cccc2)sc(C)c1C. The summed E-state index contributed by atoms with van der Waals surface area (Å²) in [5, 5.41) is 7.17. The molecule has 3 rings (SSSR count). The smallest absolute Gasteiger partial charge is 0.319 e. The van der Waals surface area contributed by atoms with Crippen molar-refractivity contribution in [1.82, 2.24) is 9.88 Å². The van der Waals surface area contributed by atoms with E-state index in [1.807, 2.05) is 62.6 Å². The number of hydrogen-bond donors (Lipinski definition) is 2. The van der Waals surface area contributed by atoms with Crippen LogP contribution in [0.5, 0.6) is 0 Å². The number of carbonyl (C=O) groups is 1. The third kappa shape index (κ3) is 3.61. The zero-order chi connectivity index (χ0) is 18.0. The number of anilines is 1. The normalized spacial score (nSPS) is 12.0. The van der Waals surface area contributed by atoms with Gasteiger partial charge in [-0.25, -0.2) is 4.79 Å². The molecule has 0 saturated heterocycles. The molecule has 0 aliphatic heterocycles. The molecule has 3 aromatic rings. The van der Waals surface area contributed by atoms with Crippen molar-refractivity contribution in [3.05, 3.63) is 70.4 Å². The first kappa shape index (κ1) is 17.3. The van der Waals surface area contributed by atoms with Crippen molar-refractivity contribution in [3.8, 4) is 5.00 Å². The Bertz CT molecular complexity index is 880. The summed E-state index contributed by atoms with van der Waals surface area (Å²) in [5.74, 6) is 0. The Morgan fingerprint density at radius 2 is 1.76 bits per heavy atom. The highest BCUT2D eigenvalue weighted by Gasteiger charge is 2.21. The molecule has 25 heavy (non-hydrogen) atoms. The number of benzene rings is 1. The maximum absolute atomic E-state index is 12.4. The molecule has 2 heterocycles. The zero-order valence-corrected chi connectivity index (χ0v) is 15.8. The van der Waals surface area contributed by atoms with Gasteiger partial charge < -0.3 is 15.2 Å². The largest absolute Gasteiger partial charge is 0.331 e. The summed E-state index contributed by atoms with van der Waals surface area (Å²) in [6.45, 7) is 8.25. The molecule has 1 atom stereocenters. The Labute approximate surface area is 152 Å². The molecule has 2 N–H and O–H groups in total. The first-order valence-corrected chi connectivity index (χ1v) is 9.15. The molecule has 0 aliphatic carbocycles. The molecular weight excluding hydrogens is 330 g/mol. The van der Waals surface area contributed by atoms with Crippen LogP contribution in [0.15, 0.2) is 48.8 Å². The molecule has 0 bridgehead atoms. The van der Waals surface area contributed by atoms with Crippen LogP contribution in [-0.2, 0) is 0 Å². The van der Waals surface area contributed by atoms with Crippen LogP contribution in [0.25, 0.3) is 5.00 Å². The van der Waals surface area contributed by atoms with Crippen LogP contribution in [0.3, 0.4) is 0 Å². The van der Waals surface area contributed by atoms with E-state index >= 15 is 0 Å². The van der Waals surface area contributed by atoms with Gasteiger partial charge in [-0.2, -0.15) is 0 Å². The van der Waals surface area contributed by atoms with Crippen molar-refractivity contribution in [2.75, 3.05) is 5.32 Å². The second kappa shape index (κ2) is 7.15. The van der Waals surface area contributed by atoms with Gasteiger partial charge >= 0.3 is 6.03 Å². The van der Waals surface area contributed by atoms with Crippen molar-refractivity contribution in [2.45, 2.75) is 33.7 Å². The number of amides is 2. The van der Waals surface area contributed by atoms with Crippen molar-refractivity contribution in [3.63, 3.8) is 0 Å². The molecule has 2 amide bonds. The molecule has 0 fully saturated rings. The summed E-state index contributed by atoms with van der Waals surface area (Å²) in [7, 11) is 0. The molecule has 5 heteroatoms. The average molecular weight is 353 g/mol. The number of nitrogens with zero attached hydrogens (tertiary/aromatic N) is 1. The fraction of sp³-hybridized carbons (Fsp3) is 0.250. The van der Waals surface area contributed by atoms with Gasteiger partial charge in [0, 0.05) is 28.5 Å². The highest BCUT2D eigenvalue weighted by atomic mass is 32.1. The van der Waals surface area contributed by atoms with Gasteiger partial charge in [-0.05, 0) is 57.0 Å². The lowest BCUT2D eigenvalue weighted by molar-refractivity contribution is 0.249. The van der Waals surface area contributed by atoms with E-state index in [9.17, 15) is 4.79 Å². The van der Waals surface area contributed by atoms with Gasteiger partial charge in [0.1, 0.15) is 5.00 Å². The number of aromatic nitrogens is 1. The van der Waals surface area contributed by atoms with Gasteiger partial charge in [0.05, 0.1) is 6.04 Å². The van der Waals surface area contributed by atoms with Crippen LogP contribution in [-0.4, -0.2) is 10.6 Å². The summed E-state index contributed by atoms with van der Waals surface area (Å²) in [5.41, 5.74) is 4.27. The molecule has 2 aromatic heterocycles. The maximum atomic E-state index is 12.4. The minimum atomic E-state index is -0.191. The molecule has 0 spiro atoms. The third-order valence-electron chi connectivity index (χ3n) is 4.43. The van der Waals surface area contributed by atoms with Gasteiger partial charge in [-0.15, -0.1) is 11.3 Å². The van der Waals surface area contributed by atoms with E-state index in [1.54, 1.807) is 11.3 Å². The molecule has 130 valence electrons. The van der Waals surface area contributed by atoms with Crippen molar-refractivity contribution >= 4 is 23.1 Å². The number of carbonyl (C=O) groups excluding carboxylic acids is 1. The molecule has 0 saturated carbocycles. The lowest BCUT2D eigenvalue weighted by atomic mass is 10.1. The number of urea groups is 1. The van der Waals surface area contributed by atoms with Gasteiger partial charge in [-0.3, -0.25) is 0 Å². The summed E-state index contributed by atoms with van der Waals surface area (Å²) in [6.07, 6.45) is 4.07. The quantitative estimate of drug-likeness (QED) is 0.653. The minimum absolute atomic E-state index is 0.0913. The summed E-state index contributed by atoms with van der Waals surface area (Å²) >= 11 is 1.75. The van der Waals surface area contributed by atoms with Gasteiger partial charge in [0.2, 0.25) is 0 Å². The number of nitrogens with one attached hydrogen (secondary N) is 2. The highest BCUT2D eigenvalue weighted by molar-refractivity contribution is 7.14. The molecular formula is C20H23N3OS. The van der Waals surface area contributed by atoms with Gasteiger partial charge in [0.15, 0.2) is 0 Å². The van der Waals surface area contributed by atoms with Crippen LogP contribution in [0.1, 0.15) is 34.5 Å². The minimum Gasteiger partial charge on any atom is -0.331 e. The third-order valence-corrected chi connectivity index (χ3v) is 5.66. The second-order valence-electron chi connectivity index (χ2n) is 6.23. The van der Waals surface area contributed by atoms with Crippen molar-refractivity contribution in [1.29, 1.82) is 0 Å². The summed E-state index contributed by atoms with van der Waals surface area (Å²) < 4.78 is 2.11. The van der Waals surface area contributed by atoms with E-state index < -0.39 is 0 Å². The number of para-hydroxylation sites is 1. The molecule has 1 aromatic carbocycles. The van der Waals surface area contributed by atoms with Crippen LogP contribution in [0.2, 0.25) is 0 Å². The fourth-order valence-electron chi connectivity index (χ4n) is 2.94. The second-order valence-corrected chi connectivity index (χ2v) is 7.43. The lowest BCUT2D eigenvalue weighted by Crippen LogP contribution is -2.31. The lowest BCUT2D eigenvalue weighted by Gasteiger charge is -2.18. The predicted molar refractivity (Wildman–Crippen MR) is 105 cm³/mol. The fourth-order valence-corrected chi connectivity index (χ4v) is 4.16. The maximum Gasteiger partial charge on any atom is 0.319 e. The molecule has 0 unspecified atom stereocenters. The van der Waals surface area contributed by atoms with E-state index in [0.717, 1.165) is 16.3 Å². The average Bonchev–Trinajstić information content (AvgIpc) is 3.18. The molecule has 0 aliphatic rings. The number of hydrogen-bond acceptors (Lipinski definition) is 2. The highest BCUT2D eigenvalue weighted by Crippen LogP contribution is 2.35. The van der Waals surface area contributed by atoms with E-state index in [4.69, 9.17) is 0 Å². The van der Waals surface area contributed by atoms with E-state index in [1.165, 1.54) is 16.0 Å².